The number of carbonyl (C=O) groups is 1. The van der Waals surface area contributed by atoms with Crippen LogP contribution in [0.1, 0.15) is 30.5 Å². The Labute approximate surface area is 166 Å². The topological polar surface area (TPSA) is 38.7 Å². The van der Waals surface area contributed by atoms with Crippen LogP contribution in [0.2, 0.25) is 0 Å². The van der Waals surface area contributed by atoms with Crippen LogP contribution in [0.25, 0.3) is 0 Å². The Balaban J connectivity index is 2.03. The third-order valence-corrected chi connectivity index (χ3v) is 4.28. The normalized spacial score (nSPS) is 11.7. The van der Waals surface area contributed by atoms with Crippen LogP contribution in [0.15, 0.2) is 96.0 Å². The van der Waals surface area contributed by atoms with Gasteiger partial charge in [0.2, 0.25) is 0 Å². The van der Waals surface area contributed by atoms with Gasteiger partial charge in [-0.2, -0.15) is 0 Å². The van der Waals surface area contributed by atoms with Crippen molar-refractivity contribution in [2.75, 3.05) is 0 Å². The van der Waals surface area contributed by atoms with Crippen molar-refractivity contribution in [3.8, 4) is 0 Å². The van der Waals surface area contributed by atoms with Gasteiger partial charge in [-0.25, -0.2) is 4.79 Å². The van der Waals surface area contributed by atoms with Gasteiger partial charge in [0, 0.05) is 17.5 Å². The van der Waals surface area contributed by atoms with E-state index in [1.54, 1.807) is 0 Å². The molecule has 142 valence electrons. The minimum atomic E-state index is -0.611. The van der Waals surface area contributed by atoms with Crippen molar-refractivity contribution in [1.29, 1.82) is 0 Å². The van der Waals surface area contributed by atoms with Gasteiger partial charge in [-0.3, -0.25) is 4.99 Å². The van der Waals surface area contributed by atoms with Gasteiger partial charge >= 0.3 is 5.97 Å². The molecule has 0 unspecified atom stereocenters. The van der Waals surface area contributed by atoms with E-state index in [2.05, 4.69) is 0 Å². The minimum Gasteiger partial charge on any atom is -0.461 e. The lowest BCUT2D eigenvalue weighted by molar-refractivity contribution is -0.148. The molecule has 3 heteroatoms. The molecule has 0 amide bonds. The standard InChI is InChI=1S/C25H25NO2/c1-19(2)28-25(27)23(18-20-12-6-3-7-13-20)26-24(21-14-8-4-9-15-21)22-16-10-5-11-17-22/h3-17,19,23H,18H2,1-2H3/t23-/m1/s1. The Bertz CT molecular complexity index is 862. The van der Waals surface area contributed by atoms with E-state index in [0.717, 1.165) is 22.4 Å². The van der Waals surface area contributed by atoms with Gasteiger partial charge in [0.15, 0.2) is 6.04 Å². The lowest BCUT2D eigenvalue weighted by atomic mass is 10.0. The number of rotatable bonds is 7. The van der Waals surface area contributed by atoms with Crippen LogP contribution in [0.3, 0.4) is 0 Å². The smallest absolute Gasteiger partial charge is 0.331 e. The van der Waals surface area contributed by atoms with Gasteiger partial charge in [0.05, 0.1) is 11.8 Å². The molecule has 0 fully saturated rings. The maximum Gasteiger partial charge on any atom is 0.331 e. The summed E-state index contributed by atoms with van der Waals surface area (Å²) in [4.78, 5) is 17.7. The summed E-state index contributed by atoms with van der Waals surface area (Å²) < 4.78 is 5.51. The lowest BCUT2D eigenvalue weighted by Gasteiger charge is -2.17. The molecule has 0 spiro atoms. The fraction of sp³-hybridized carbons (Fsp3) is 0.200. The monoisotopic (exact) mass is 371 g/mol. The average molecular weight is 371 g/mol. The molecule has 0 aliphatic rings. The zero-order chi connectivity index (χ0) is 19.8. The van der Waals surface area contributed by atoms with E-state index >= 15 is 0 Å². The molecule has 3 aromatic carbocycles. The average Bonchev–Trinajstić information content (AvgIpc) is 2.72. The van der Waals surface area contributed by atoms with Crippen molar-refractivity contribution in [3.63, 3.8) is 0 Å². The van der Waals surface area contributed by atoms with E-state index in [1.807, 2.05) is 105 Å². The van der Waals surface area contributed by atoms with Crippen molar-refractivity contribution in [2.24, 2.45) is 4.99 Å². The Hall–Kier alpha value is -3.20. The highest BCUT2D eigenvalue weighted by molar-refractivity contribution is 6.13. The summed E-state index contributed by atoms with van der Waals surface area (Å²) in [6.45, 7) is 3.72. The van der Waals surface area contributed by atoms with Crippen molar-refractivity contribution in [3.05, 3.63) is 108 Å². The first kappa shape index (κ1) is 19.6. The van der Waals surface area contributed by atoms with Crippen LogP contribution >= 0.6 is 0 Å². The molecule has 1 atom stereocenters. The van der Waals surface area contributed by atoms with Gasteiger partial charge in [-0.15, -0.1) is 0 Å². The molecule has 28 heavy (non-hydrogen) atoms. The maximum absolute atomic E-state index is 12.8. The number of esters is 1. The van der Waals surface area contributed by atoms with E-state index in [0.29, 0.717) is 6.42 Å². The van der Waals surface area contributed by atoms with Gasteiger partial charge in [-0.05, 0) is 19.4 Å². The highest BCUT2D eigenvalue weighted by atomic mass is 16.5. The second-order valence-electron chi connectivity index (χ2n) is 6.90. The Morgan fingerprint density at radius 1 is 0.786 bits per heavy atom. The second-order valence-corrected chi connectivity index (χ2v) is 6.90. The van der Waals surface area contributed by atoms with E-state index in [1.165, 1.54) is 0 Å². The second kappa shape index (κ2) is 9.65. The third kappa shape index (κ3) is 5.40. The number of nitrogens with zero attached hydrogens (tertiary/aromatic N) is 1. The van der Waals surface area contributed by atoms with Crippen molar-refractivity contribution < 1.29 is 9.53 Å². The number of carbonyl (C=O) groups excluding carboxylic acids is 1. The highest BCUT2D eigenvalue weighted by Crippen LogP contribution is 2.16. The van der Waals surface area contributed by atoms with Crippen LogP contribution in [-0.4, -0.2) is 23.8 Å². The van der Waals surface area contributed by atoms with Crippen LogP contribution in [0.5, 0.6) is 0 Å². The predicted molar refractivity (Wildman–Crippen MR) is 114 cm³/mol. The molecule has 0 radical (unpaired) electrons. The van der Waals surface area contributed by atoms with E-state index < -0.39 is 6.04 Å². The molecule has 0 aliphatic heterocycles. The zero-order valence-electron chi connectivity index (χ0n) is 16.3. The zero-order valence-corrected chi connectivity index (χ0v) is 16.3. The summed E-state index contributed by atoms with van der Waals surface area (Å²) >= 11 is 0. The number of hydrogen-bond donors (Lipinski definition) is 0. The Morgan fingerprint density at radius 3 is 1.71 bits per heavy atom. The van der Waals surface area contributed by atoms with Gasteiger partial charge < -0.3 is 4.74 Å². The summed E-state index contributed by atoms with van der Waals surface area (Å²) in [5.41, 5.74) is 3.80. The Kier molecular flexibility index (Phi) is 6.74. The number of hydrogen-bond acceptors (Lipinski definition) is 3. The third-order valence-electron chi connectivity index (χ3n) is 4.28. The van der Waals surface area contributed by atoms with E-state index in [4.69, 9.17) is 9.73 Å². The number of aliphatic imine (C=N–C) groups is 1. The lowest BCUT2D eigenvalue weighted by Crippen LogP contribution is -2.28. The number of benzene rings is 3. The van der Waals surface area contributed by atoms with Gasteiger partial charge in [-0.1, -0.05) is 91.0 Å². The largest absolute Gasteiger partial charge is 0.461 e. The Morgan fingerprint density at radius 2 is 1.25 bits per heavy atom. The summed E-state index contributed by atoms with van der Waals surface area (Å²) in [7, 11) is 0. The molecule has 3 rings (SSSR count). The van der Waals surface area contributed by atoms with Crippen LogP contribution < -0.4 is 0 Å². The molecule has 0 aliphatic carbocycles. The van der Waals surface area contributed by atoms with Gasteiger partial charge in [0.1, 0.15) is 0 Å². The minimum absolute atomic E-state index is 0.183. The highest BCUT2D eigenvalue weighted by Gasteiger charge is 2.22. The first-order valence-corrected chi connectivity index (χ1v) is 9.56. The van der Waals surface area contributed by atoms with Crippen molar-refractivity contribution in [1.82, 2.24) is 0 Å². The molecule has 0 aromatic heterocycles. The van der Waals surface area contributed by atoms with Crippen LogP contribution in [0.4, 0.5) is 0 Å². The number of ether oxygens (including phenoxy) is 1. The first-order valence-electron chi connectivity index (χ1n) is 9.56. The van der Waals surface area contributed by atoms with Gasteiger partial charge in [0.25, 0.3) is 0 Å². The fourth-order valence-electron chi connectivity index (χ4n) is 2.99. The summed E-state index contributed by atoms with van der Waals surface area (Å²) in [6.07, 6.45) is 0.313. The van der Waals surface area contributed by atoms with Crippen LogP contribution in [-0.2, 0) is 16.0 Å². The summed E-state index contributed by atoms with van der Waals surface area (Å²) in [5, 5.41) is 0. The molecule has 0 bridgehead atoms. The molecular weight excluding hydrogens is 346 g/mol. The molecule has 0 N–H and O–H groups in total. The maximum atomic E-state index is 12.8. The molecular formula is C25H25NO2. The molecule has 0 saturated heterocycles. The molecule has 3 nitrogen and oxygen atoms in total. The van der Waals surface area contributed by atoms with Crippen molar-refractivity contribution >= 4 is 11.7 Å². The SMILES string of the molecule is CC(C)OC(=O)[C@@H](Cc1ccccc1)N=C(c1ccccc1)c1ccccc1. The van der Waals surface area contributed by atoms with Crippen molar-refractivity contribution in [2.45, 2.75) is 32.4 Å². The quantitative estimate of drug-likeness (QED) is 0.429. The summed E-state index contributed by atoms with van der Waals surface area (Å²) in [6, 6.07) is 29.2. The predicted octanol–water partition coefficient (Wildman–Crippen LogP) is 5.09. The van der Waals surface area contributed by atoms with Crippen LogP contribution in [0, 0.1) is 0 Å². The molecule has 0 heterocycles. The van der Waals surface area contributed by atoms with E-state index in [9.17, 15) is 4.79 Å². The fourth-order valence-corrected chi connectivity index (χ4v) is 2.99. The molecule has 0 saturated carbocycles. The first-order chi connectivity index (χ1) is 13.6. The summed E-state index contributed by atoms with van der Waals surface area (Å²) in [5.74, 6) is -0.303. The van der Waals surface area contributed by atoms with E-state index in [-0.39, 0.29) is 12.1 Å². The molecule has 3 aromatic rings.